The minimum atomic E-state index is -2.08. The number of aliphatic hydroxyl groups is 1. The molecule has 0 radical (unpaired) electrons. The van der Waals surface area contributed by atoms with E-state index in [2.05, 4.69) is 15.9 Å². The molecule has 2 aromatic rings. The molecular formula is C20H26BrFO2. The van der Waals surface area contributed by atoms with Crippen molar-refractivity contribution in [2.45, 2.75) is 55.8 Å². The molecule has 2 rings (SSSR count). The zero-order valence-corrected chi connectivity index (χ0v) is 16.1. The van der Waals surface area contributed by atoms with Crippen molar-refractivity contribution in [2.75, 3.05) is 7.11 Å². The first-order valence-corrected chi connectivity index (χ1v) is 9.31. The normalized spacial score (nSPS) is 16.1. The fourth-order valence-corrected chi connectivity index (χ4v) is 4.31. The first-order chi connectivity index (χ1) is 11.4. The van der Waals surface area contributed by atoms with Crippen LogP contribution in [-0.2, 0) is 4.74 Å². The number of ether oxygens (including phenoxy) is 1. The van der Waals surface area contributed by atoms with Gasteiger partial charge >= 0.3 is 0 Å². The first kappa shape index (κ1) is 19.4. The van der Waals surface area contributed by atoms with Gasteiger partial charge in [-0.1, -0.05) is 69.2 Å². The molecule has 2 nitrogen and oxygen atoms in total. The van der Waals surface area contributed by atoms with Crippen LogP contribution in [-0.4, -0.2) is 22.4 Å². The van der Waals surface area contributed by atoms with Crippen molar-refractivity contribution < 1.29 is 14.2 Å². The molecule has 4 heteroatoms. The molecule has 2 aromatic carbocycles. The van der Waals surface area contributed by atoms with Crippen molar-refractivity contribution in [3.8, 4) is 0 Å². The van der Waals surface area contributed by atoms with Gasteiger partial charge in [-0.05, 0) is 45.1 Å². The lowest BCUT2D eigenvalue weighted by atomic mass is 9.82. The third-order valence-corrected chi connectivity index (χ3v) is 5.77. The quantitative estimate of drug-likeness (QED) is 0.561. The van der Waals surface area contributed by atoms with E-state index in [0.29, 0.717) is 25.7 Å². The number of fused-ring (bicyclic) bond motifs is 1. The average molecular weight is 397 g/mol. The highest BCUT2D eigenvalue weighted by Gasteiger charge is 2.54. The lowest BCUT2D eigenvalue weighted by Crippen LogP contribution is -2.51. The van der Waals surface area contributed by atoms with Gasteiger partial charge in [0.2, 0.25) is 4.58 Å². The van der Waals surface area contributed by atoms with Crippen LogP contribution in [0.1, 0.15) is 51.2 Å². The number of hydrogen-bond donors (Lipinski definition) is 1. The molecule has 1 N–H and O–H groups in total. The zero-order chi connectivity index (χ0) is 17.8. The predicted octanol–water partition coefficient (Wildman–Crippen LogP) is 5.92. The maximum Gasteiger partial charge on any atom is 0.223 e. The second kappa shape index (κ2) is 7.94. The van der Waals surface area contributed by atoms with Crippen molar-refractivity contribution in [3.63, 3.8) is 0 Å². The Bertz CT molecular complexity index is 660. The van der Waals surface area contributed by atoms with Crippen LogP contribution in [0.15, 0.2) is 42.5 Å². The molecule has 132 valence electrons. The molecule has 0 saturated heterocycles. The number of rotatable bonds is 8. The standard InChI is InChI=1S/C20H26BrFO2/c1-4-13-19(23,14-5-2)20(21,22)18(24-3)17-12-8-10-15-9-6-7-11-16(15)17/h6-12,18,23H,4-5,13-14H2,1-3H3. The van der Waals surface area contributed by atoms with Crippen molar-refractivity contribution >= 4 is 26.7 Å². The number of methoxy groups -OCH3 is 1. The van der Waals surface area contributed by atoms with E-state index in [9.17, 15) is 5.11 Å². The van der Waals surface area contributed by atoms with Gasteiger partial charge in [-0.2, -0.15) is 0 Å². The minimum Gasteiger partial charge on any atom is -0.385 e. The Balaban J connectivity index is 2.55. The number of hydrogen-bond acceptors (Lipinski definition) is 2. The van der Waals surface area contributed by atoms with Crippen molar-refractivity contribution in [1.29, 1.82) is 0 Å². The topological polar surface area (TPSA) is 29.5 Å². The van der Waals surface area contributed by atoms with Gasteiger partial charge in [-0.3, -0.25) is 0 Å². The van der Waals surface area contributed by atoms with E-state index in [1.165, 1.54) is 7.11 Å². The second-order valence-electron chi connectivity index (χ2n) is 6.34. The van der Waals surface area contributed by atoms with Gasteiger partial charge in [0.15, 0.2) is 0 Å². The van der Waals surface area contributed by atoms with Crippen LogP contribution in [0.3, 0.4) is 0 Å². The monoisotopic (exact) mass is 396 g/mol. The van der Waals surface area contributed by atoms with Gasteiger partial charge in [-0.25, -0.2) is 4.39 Å². The lowest BCUT2D eigenvalue weighted by molar-refractivity contribution is -0.124. The Morgan fingerprint density at radius 1 is 1.08 bits per heavy atom. The molecule has 0 saturated carbocycles. The summed E-state index contributed by atoms with van der Waals surface area (Å²) < 4.78 is 19.4. The lowest BCUT2D eigenvalue weighted by Gasteiger charge is -2.42. The average Bonchev–Trinajstić information content (AvgIpc) is 2.56. The Hall–Kier alpha value is -0.970. The number of halogens is 2. The molecule has 2 atom stereocenters. The highest BCUT2D eigenvalue weighted by molar-refractivity contribution is 9.10. The molecule has 0 aliphatic heterocycles. The summed E-state index contributed by atoms with van der Waals surface area (Å²) in [5.74, 6) is 0. The molecule has 0 aliphatic carbocycles. The fraction of sp³-hybridized carbons (Fsp3) is 0.500. The molecule has 0 heterocycles. The Kier molecular flexibility index (Phi) is 6.40. The van der Waals surface area contributed by atoms with E-state index in [1.54, 1.807) is 0 Å². The summed E-state index contributed by atoms with van der Waals surface area (Å²) in [6.07, 6.45) is 1.21. The molecule has 0 bridgehead atoms. The van der Waals surface area contributed by atoms with Gasteiger partial charge in [0.25, 0.3) is 0 Å². The largest absolute Gasteiger partial charge is 0.385 e. The number of benzene rings is 2. The zero-order valence-electron chi connectivity index (χ0n) is 14.6. The van der Waals surface area contributed by atoms with Crippen molar-refractivity contribution in [1.82, 2.24) is 0 Å². The maximum absolute atomic E-state index is 15.9. The van der Waals surface area contributed by atoms with Gasteiger partial charge in [0, 0.05) is 7.11 Å². The maximum atomic E-state index is 15.9. The third-order valence-electron chi connectivity index (χ3n) is 4.62. The van der Waals surface area contributed by atoms with Crippen LogP contribution >= 0.6 is 15.9 Å². The Morgan fingerprint density at radius 2 is 1.67 bits per heavy atom. The number of alkyl halides is 2. The van der Waals surface area contributed by atoms with Crippen molar-refractivity contribution in [3.05, 3.63) is 48.0 Å². The van der Waals surface area contributed by atoms with E-state index in [1.807, 2.05) is 56.3 Å². The van der Waals surface area contributed by atoms with E-state index in [4.69, 9.17) is 4.74 Å². The Labute approximate surface area is 152 Å². The van der Waals surface area contributed by atoms with Crippen LogP contribution in [0.25, 0.3) is 10.8 Å². The highest BCUT2D eigenvalue weighted by Crippen LogP contribution is 2.50. The molecule has 0 spiro atoms. The van der Waals surface area contributed by atoms with Gasteiger partial charge in [0.05, 0.1) is 0 Å². The van der Waals surface area contributed by atoms with E-state index < -0.39 is 16.3 Å². The van der Waals surface area contributed by atoms with Crippen LogP contribution in [0.4, 0.5) is 4.39 Å². The van der Waals surface area contributed by atoms with Gasteiger partial charge in [0.1, 0.15) is 11.7 Å². The van der Waals surface area contributed by atoms with Crippen LogP contribution in [0.2, 0.25) is 0 Å². The van der Waals surface area contributed by atoms with Crippen LogP contribution in [0, 0.1) is 0 Å². The predicted molar refractivity (Wildman–Crippen MR) is 101 cm³/mol. The molecular weight excluding hydrogens is 371 g/mol. The molecule has 24 heavy (non-hydrogen) atoms. The molecule has 0 amide bonds. The summed E-state index contributed by atoms with van der Waals surface area (Å²) in [5, 5.41) is 13.0. The van der Waals surface area contributed by atoms with Gasteiger partial charge < -0.3 is 9.84 Å². The fourth-order valence-electron chi connectivity index (χ4n) is 3.48. The minimum absolute atomic E-state index is 0.368. The van der Waals surface area contributed by atoms with E-state index in [-0.39, 0.29) is 0 Å². The first-order valence-electron chi connectivity index (χ1n) is 8.52. The SMILES string of the molecule is CCCC(O)(CCC)C(F)(Br)C(OC)c1cccc2ccccc12. The van der Waals surface area contributed by atoms with Gasteiger partial charge in [-0.15, -0.1) is 0 Å². The summed E-state index contributed by atoms with van der Waals surface area (Å²) in [4.78, 5) is 0. The van der Waals surface area contributed by atoms with Crippen molar-refractivity contribution in [2.24, 2.45) is 0 Å². The summed E-state index contributed by atoms with van der Waals surface area (Å²) in [5.41, 5.74) is -0.755. The third kappa shape index (κ3) is 3.51. The highest BCUT2D eigenvalue weighted by atomic mass is 79.9. The summed E-state index contributed by atoms with van der Waals surface area (Å²) in [6.45, 7) is 3.90. The summed E-state index contributed by atoms with van der Waals surface area (Å²) in [6, 6.07) is 13.6. The van der Waals surface area contributed by atoms with Crippen LogP contribution in [0.5, 0.6) is 0 Å². The smallest absolute Gasteiger partial charge is 0.223 e. The van der Waals surface area contributed by atoms with Crippen LogP contribution < -0.4 is 0 Å². The Morgan fingerprint density at radius 3 is 2.25 bits per heavy atom. The van der Waals surface area contributed by atoms with E-state index in [0.717, 1.165) is 16.3 Å². The summed E-state index contributed by atoms with van der Waals surface area (Å²) >= 11 is 3.21. The second-order valence-corrected chi connectivity index (χ2v) is 7.49. The molecule has 0 aliphatic rings. The molecule has 2 unspecified atom stereocenters. The molecule has 0 fully saturated rings. The molecule has 0 aromatic heterocycles. The summed E-state index contributed by atoms with van der Waals surface area (Å²) in [7, 11) is 1.49. The van der Waals surface area contributed by atoms with E-state index >= 15 is 4.39 Å².